The fraction of sp³-hybridized carbons (Fsp3) is 0.833. The predicted molar refractivity (Wildman–Crippen MR) is 66.5 cm³/mol. The fourth-order valence-electron chi connectivity index (χ4n) is 1.53. The van der Waals surface area contributed by atoms with Crippen molar-refractivity contribution in [2.75, 3.05) is 0 Å². The molecule has 0 bridgehead atoms. The van der Waals surface area contributed by atoms with Gasteiger partial charge in [0.15, 0.2) is 0 Å². The lowest BCUT2D eigenvalue weighted by Gasteiger charge is -2.19. The van der Waals surface area contributed by atoms with Crippen LogP contribution < -0.4 is 11.1 Å². The highest BCUT2D eigenvalue weighted by Gasteiger charge is 2.23. The smallest absolute Gasteiger partial charge is 0.326 e. The second-order valence-electron chi connectivity index (χ2n) is 4.78. The van der Waals surface area contributed by atoms with Gasteiger partial charge < -0.3 is 16.2 Å². The van der Waals surface area contributed by atoms with Gasteiger partial charge in [0.05, 0.1) is 6.04 Å². The van der Waals surface area contributed by atoms with Crippen LogP contribution in [-0.4, -0.2) is 29.1 Å². The van der Waals surface area contributed by atoms with Crippen molar-refractivity contribution in [1.29, 1.82) is 0 Å². The Bertz CT molecular complexity index is 254. The Morgan fingerprint density at radius 2 is 1.94 bits per heavy atom. The van der Waals surface area contributed by atoms with E-state index in [2.05, 4.69) is 5.32 Å². The first-order chi connectivity index (χ1) is 7.88. The fourth-order valence-corrected chi connectivity index (χ4v) is 1.53. The number of rotatable bonds is 8. The third-order valence-corrected chi connectivity index (χ3v) is 2.53. The Labute approximate surface area is 103 Å². The lowest BCUT2D eigenvalue weighted by atomic mass is 10.0. The molecule has 0 saturated heterocycles. The van der Waals surface area contributed by atoms with Gasteiger partial charge in [0.1, 0.15) is 6.04 Å². The van der Waals surface area contributed by atoms with E-state index < -0.39 is 18.1 Å². The molecule has 4 N–H and O–H groups in total. The Morgan fingerprint density at radius 3 is 2.35 bits per heavy atom. The van der Waals surface area contributed by atoms with Crippen LogP contribution in [0.5, 0.6) is 0 Å². The number of unbranched alkanes of at least 4 members (excludes halogenated alkanes) is 1. The molecule has 0 fully saturated rings. The normalized spacial score (nSPS) is 14.4. The summed E-state index contributed by atoms with van der Waals surface area (Å²) in [5, 5.41) is 11.5. The molecule has 0 spiro atoms. The summed E-state index contributed by atoms with van der Waals surface area (Å²) < 4.78 is 0. The van der Waals surface area contributed by atoms with Crippen LogP contribution >= 0.6 is 0 Å². The van der Waals surface area contributed by atoms with E-state index in [0.717, 1.165) is 12.8 Å². The van der Waals surface area contributed by atoms with E-state index in [4.69, 9.17) is 10.8 Å². The number of hydrogen-bond acceptors (Lipinski definition) is 3. The van der Waals surface area contributed by atoms with Crippen molar-refractivity contribution in [2.24, 2.45) is 11.7 Å². The Kier molecular flexibility index (Phi) is 7.54. The maximum absolute atomic E-state index is 11.6. The molecule has 0 aromatic carbocycles. The third kappa shape index (κ3) is 6.94. The molecule has 2 unspecified atom stereocenters. The molecule has 0 aromatic rings. The minimum absolute atomic E-state index is 0.211. The van der Waals surface area contributed by atoms with Gasteiger partial charge in [-0.2, -0.15) is 0 Å². The van der Waals surface area contributed by atoms with E-state index in [0.29, 0.717) is 12.8 Å². The minimum Gasteiger partial charge on any atom is -0.480 e. The molecule has 1 amide bonds. The average Bonchev–Trinajstić information content (AvgIpc) is 2.23. The lowest BCUT2D eigenvalue weighted by Crippen LogP contribution is -2.48. The van der Waals surface area contributed by atoms with Crippen LogP contribution in [0, 0.1) is 5.92 Å². The zero-order valence-corrected chi connectivity index (χ0v) is 10.9. The summed E-state index contributed by atoms with van der Waals surface area (Å²) in [6.45, 7) is 5.85. The molecule has 0 aliphatic rings. The molecule has 0 aliphatic carbocycles. The van der Waals surface area contributed by atoms with Gasteiger partial charge in [-0.3, -0.25) is 4.79 Å². The summed E-state index contributed by atoms with van der Waals surface area (Å²) in [7, 11) is 0. The second-order valence-corrected chi connectivity index (χ2v) is 4.78. The van der Waals surface area contributed by atoms with Crippen LogP contribution in [0.15, 0.2) is 0 Å². The first-order valence-electron chi connectivity index (χ1n) is 6.17. The van der Waals surface area contributed by atoms with Gasteiger partial charge in [0.25, 0.3) is 0 Å². The lowest BCUT2D eigenvalue weighted by molar-refractivity contribution is -0.142. The van der Waals surface area contributed by atoms with Gasteiger partial charge in [-0.25, -0.2) is 4.79 Å². The van der Waals surface area contributed by atoms with Crippen molar-refractivity contribution in [3.05, 3.63) is 0 Å². The number of nitrogens with two attached hydrogens (primary N) is 1. The van der Waals surface area contributed by atoms with Gasteiger partial charge in [0.2, 0.25) is 5.91 Å². The van der Waals surface area contributed by atoms with Crippen molar-refractivity contribution >= 4 is 11.9 Å². The Morgan fingerprint density at radius 1 is 1.35 bits per heavy atom. The maximum atomic E-state index is 11.6. The van der Waals surface area contributed by atoms with Crippen LogP contribution in [0.4, 0.5) is 0 Å². The van der Waals surface area contributed by atoms with E-state index in [1.165, 1.54) is 0 Å². The molecule has 17 heavy (non-hydrogen) atoms. The molecule has 0 rings (SSSR count). The number of aliphatic carboxylic acids is 1. The second kappa shape index (κ2) is 8.06. The summed E-state index contributed by atoms with van der Waals surface area (Å²) >= 11 is 0. The predicted octanol–water partition coefficient (Wildman–Crippen LogP) is 1.12. The summed E-state index contributed by atoms with van der Waals surface area (Å²) in [6.07, 6.45) is 2.85. The number of carboxylic acids is 1. The number of carbonyl (C=O) groups is 2. The monoisotopic (exact) mass is 244 g/mol. The largest absolute Gasteiger partial charge is 0.480 e. The summed E-state index contributed by atoms with van der Waals surface area (Å²) in [4.78, 5) is 22.6. The molecule has 5 heteroatoms. The van der Waals surface area contributed by atoms with Crippen molar-refractivity contribution < 1.29 is 14.7 Å². The molecular weight excluding hydrogens is 220 g/mol. The number of carboxylic acid groups (broad SMARTS) is 1. The van der Waals surface area contributed by atoms with E-state index in [-0.39, 0.29) is 11.8 Å². The highest BCUT2D eigenvalue weighted by Crippen LogP contribution is 2.06. The number of hydrogen-bond donors (Lipinski definition) is 3. The zero-order valence-electron chi connectivity index (χ0n) is 10.9. The molecule has 0 heterocycles. The van der Waals surface area contributed by atoms with Gasteiger partial charge in [-0.15, -0.1) is 0 Å². The Balaban J connectivity index is 4.25. The van der Waals surface area contributed by atoms with E-state index in [9.17, 15) is 9.59 Å². The third-order valence-electron chi connectivity index (χ3n) is 2.53. The van der Waals surface area contributed by atoms with Crippen molar-refractivity contribution in [2.45, 2.75) is 58.5 Å². The van der Waals surface area contributed by atoms with E-state index in [1.54, 1.807) is 0 Å². The van der Waals surface area contributed by atoms with E-state index >= 15 is 0 Å². The Hall–Kier alpha value is -1.10. The average molecular weight is 244 g/mol. The molecule has 5 nitrogen and oxygen atoms in total. The van der Waals surface area contributed by atoms with Crippen LogP contribution in [-0.2, 0) is 9.59 Å². The summed E-state index contributed by atoms with van der Waals surface area (Å²) in [5.74, 6) is -1.16. The van der Waals surface area contributed by atoms with Gasteiger partial charge in [-0.1, -0.05) is 33.6 Å². The van der Waals surface area contributed by atoms with Gasteiger partial charge in [0, 0.05) is 0 Å². The summed E-state index contributed by atoms with van der Waals surface area (Å²) in [5.41, 5.74) is 5.68. The number of nitrogens with one attached hydrogen (secondary N) is 1. The van der Waals surface area contributed by atoms with Crippen molar-refractivity contribution in [3.8, 4) is 0 Å². The maximum Gasteiger partial charge on any atom is 0.326 e. The quantitative estimate of drug-likeness (QED) is 0.596. The first kappa shape index (κ1) is 15.9. The van der Waals surface area contributed by atoms with Gasteiger partial charge >= 0.3 is 5.97 Å². The number of amides is 1. The van der Waals surface area contributed by atoms with E-state index in [1.807, 2.05) is 20.8 Å². The van der Waals surface area contributed by atoms with Crippen LogP contribution in [0.2, 0.25) is 0 Å². The molecular formula is C12H24N2O3. The molecule has 0 saturated carbocycles. The van der Waals surface area contributed by atoms with Crippen LogP contribution in [0.25, 0.3) is 0 Å². The van der Waals surface area contributed by atoms with Crippen molar-refractivity contribution in [1.82, 2.24) is 5.32 Å². The molecule has 0 aliphatic heterocycles. The van der Waals surface area contributed by atoms with Crippen molar-refractivity contribution in [3.63, 3.8) is 0 Å². The number of carbonyl (C=O) groups excluding carboxylic acids is 1. The zero-order chi connectivity index (χ0) is 13.4. The van der Waals surface area contributed by atoms with Crippen LogP contribution in [0.1, 0.15) is 46.5 Å². The molecule has 100 valence electrons. The summed E-state index contributed by atoms with van der Waals surface area (Å²) in [6, 6.07) is -1.45. The van der Waals surface area contributed by atoms with Gasteiger partial charge in [-0.05, 0) is 18.8 Å². The topological polar surface area (TPSA) is 92.4 Å². The molecule has 2 atom stereocenters. The highest BCUT2D eigenvalue weighted by molar-refractivity contribution is 5.86. The minimum atomic E-state index is -1.00. The van der Waals surface area contributed by atoms with Crippen LogP contribution in [0.3, 0.4) is 0 Å². The molecule has 0 aromatic heterocycles. The standard InChI is InChI=1S/C12H24N2O3/c1-4-5-6-9(13)11(15)14-10(12(16)17)7-8(2)3/h8-10H,4-7,13H2,1-3H3,(H,14,15)(H,16,17). The SMILES string of the molecule is CCCCC(N)C(=O)NC(CC(C)C)C(=O)O. The highest BCUT2D eigenvalue weighted by atomic mass is 16.4. The molecule has 0 radical (unpaired) electrons. The first-order valence-corrected chi connectivity index (χ1v) is 6.17.